The van der Waals surface area contributed by atoms with Gasteiger partial charge in [-0.15, -0.1) is 0 Å². The van der Waals surface area contributed by atoms with Crippen molar-refractivity contribution in [2.75, 3.05) is 6.61 Å². The molecule has 0 aliphatic heterocycles. The molecular formula is C23H36Cl2NO2Si2Zr. The van der Waals surface area contributed by atoms with Crippen LogP contribution in [-0.4, -0.2) is 26.2 Å². The van der Waals surface area contributed by atoms with E-state index in [-0.39, 0.29) is 9.16 Å². The average molecular weight is 577 g/mol. The summed E-state index contributed by atoms with van der Waals surface area (Å²) in [6.45, 7) is 17.6. The van der Waals surface area contributed by atoms with Crippen molar-refractivity contribution in [3.8, 4) is 11.1 Å². The second-order valence-corrected chi connectivity index (χ2v) is 52.3. The molecule has 8 heteroatoms. The number of rotatable bonds is 7. The molecule has 0 fully saturated rings. The minimum absolute atomic E-state index is 0.143. The van der Waals surface area contributed by atoms with Gasteiger partial charge < -0.3 is 0 Å². The van der Waals surface area contributed by atoms with Crippen LogP contribution >= 0.6 is 17.0 Å². The van der Waals surface area contributed by atoms with E-state index in [1.807, 2.05) is 6.92 Å². The Labute approximate surface area is 197 Å². The first kappa shape index (κ1) is 25.8. The minimum atomic E-state index is -5.15. The van der Waals surface area contributed by atoms with Crippen LogP contribution in [0.25, 0.3) is 11.1 Å². The van der Waals surface area contributed by atoms with Crippen molar-refractivity contribution in [1.82, 2.24) is 3.26 Å². The van der Waals surface area contributed by atoms with Gasteiger partial charge in [-0.1, -0.05) is 0 Å². The molecule has 0 saturated carbocycles. The van der Waals surface area contributed by atoms with Gasteiger partial charge in [-0.05, 0) is 0 Å². The van der Waals surface area contributed by atoms with Gasteiger partial charge >= 0.3 is 199 Å². The molecule has 3 nitrogen and oxygen atoms in total. The van der Waals surface area contributed by atoms with Gasteiger partial charge in [0.15, 0.2) is 0 Å². The van der Waals surface area contributed by atoms with Crippen molar-refractivity contribution in [1.29, 1.82) is 0 Å². The topological polar surface area (TPSA) is 30.5 Å². The molecule has 1 N–H and O–H groups in total. The number of nitrogens with one attached hydrogen (secondary N) is 1. The molecule has 1 atom stereocenters. The molecule has 1 unspecified atom stereocenters. The summed E-state index contributed by atoms with van der Waals surface area (Å²) in [6.07, 6.45) is 0. The van der Waals surface area contributed by atoms with Crippen molar-refractivity contribution >= 4 is 31.0 Å². The third-order valence-corrected chi connectivity index (χ3v) is 53.1. The molecule has 0 amide bonds. The molecule has 0 saturated heterocycles. The second-order valence-electron chi connectivity index (χ2n) is 10.7. The Morgan fingerprint density at radius 2 is 1.35 bits per heavy atom. The Bertz CT molecular complexity index is 929. The van der Waals surface area contributed by atoms with Crippen molar-refractivity contribution in [2.24, 2.45) is 0 Å². The first-order valence-corrected chi connectivity index (χ1v) is 29.4. The molecule has 1 aliphatic carbocycles. The van der Waals surface area contributed by atoms with Crippen LogP contribution in [0.5, 0.6) is 0 Å². The zero-order valence-electron chi connectivity index (χ0n) is 20.0. The van der Waals surface area contributed by atoms with E-state index >= 15 is 0 Å². The van der Waals surface area contributed by atoms with Crippen molar-refractivity contribution in [3.63, 3.8) is 0 Å². The summed E-state index contributed by atoms with van der Waals surface area (Å²) >= 11 is -5.15. The quantitative estimate of drug-likeness (QED) is 0.346. The first-order valence-electron chi connectivity index (χ1n) is 11.0. The molecule has 1 aliphatic rings. The van der Waals surface area contributed by atoms with Gasteiger partial charge in [0.05, 0.1) is 0 Å². The fourth-order valence-electron chi connectivity index (χ4n) is 4.95. The molecule has 0 spiro atoms. The first-order chi connectivity index (χ1) is 14.1. The average Bonchev–Trinajstić information content (AvgIpc) is 2.94. The standard InChI is InChI=1S/C13H9.C6H17O2Si2.C4H10N.2ClH.Zr/c1-3-7-12-10(5-1)9-11-6-2-4-8-13(11)12;1-6-7-9(2)8-10(3,4)5;1-4(2,3)5;;;/h1-9H;6H2,1-5H3;5H,1-3H3;2*1H;/q;;-1;;;+3/p-2. The van der Waals surface area contributed by atoms with Crippen molar-refractivity contribution < 1.29 is 24.4 Å². The van der Waals surface area contributed by atoms with Crippen LogP contribution in [0.1, 0.15) is 42.4 Å². The third-order valence-electron chi connectivity index (χ3n) is 5.70. The van der Waals surface area contributed by atoms with Gasteiger partial charge in [-0.25, -0.2) is 0 Å². The molecule has 31 heavy (non-hydrogen) atoms. The van der Waals surface area contributed by atoms with Crippen LogP contribution < -0.4 is 3.26 Å². The molecule has 0 aromatic heterocycles. The predicted octanol–water partition coefficient (Wildman–Crippen LogP) is 7.51. The van der Waals surface area contributed by atoms with Crippen LogP contribution in [0.2, 0.25) is 26.2 Å². The van der Waals surface area contributed by atoms with Crippen LogP contribution in [0, 0.1) is 0 Å². The van der Waals surface area contributed by atoms with Crippen LogP contribution in [0.3, 0.4) is 0 Å². The number of hydrogen-bond acceptors (Lipinski definition) is 3. The van der Waals surface area contributed by atoms with E-state index in [1.165, 1.54) is 22.3 Å². The van der Waals surface area contributed by atoms with Gasteiger partial charge in [0.1, 0.15) is 0 Å². The predicted molar refractivity (Wildman–Crippen MR) is 136 cm³/mol. The van der Waals surface area contributed by atoms with Gasteiger partial charge in [0.25, 0.3) is 0 Å². The van der Waals surface area contributed by atoms with E-state index in [0.717, 1.165) is 0 Å². The van der Waals surface area contributed by atoms with E-state index in [4.69, 9.17) is 25.6 Å². The fraction of sp³-hybridized carbons (Fsp3) is 0.478. The van der Waals surface area contributed by atoms with Gasteiger partial charge in [-0.3, -0.25) is 0 Å². The van der Waals surface area contributed by atoms with E-state index in [0.29, 0.717) is 6.61 Å². The van der Waals surface area contributed by atoms with Crippen molar-refractivity contribution in [3.05, 3.63) is 59.7 Å². The Morgan fingerprint density at radius 1 is 0.903 bits per heavy atom. The zero-order valence-corrected chi connectivity index (χ0v) is 25.9. The Balaban J connectivity index is 2.38. The number of benzene rings is 2. The molecule has 2 aromatic rings. The van der Waals surface area contributed by atoms with E-state index in [1.54, 1.807) is 0 Å². The monoisotopic (exact) mass is 574 g/mol. The number of hydrogen-bond donors (Lipinski definition) is 1. The van der Waals surface area contributed by atoms with Gasteiger partial charge in [0.2, 0.25) is 0 Å². The number of fused-ring (bicyclic) bond motifs is 3. The summed E-state index contributed by atoms with van der Waals surface area (Å²) < 4.78 is 17.2. The Kier molecular flexibility index (Phi) is 7.05. The van der Waals surface area contributed by atoms with Crippen molar-refractivity contribution in [2.45, 2.75) is 63.0 Å². The van der Waals surface area contributed by atoms with Crippen LogP contribution in [0.4, 0.5) is 0 Å². The van der Waals surface area contributed by atoms with Crippen LogP contribution in [0.15, 0.2) is 48.5 Å². The second kappa shape index (κ2) is 8.46. The van der Waals surface area contributed by atoms with Crippen LogP contribution in [-0.2, 0) is 24.4 Å². The number of halogens is 2. The van der Waals surface area contributed by atoms with E-state index in [9.17, 15) is 0 Å². The summed E-state index contributed by atoms with van der Waals surface area (Å²) in [5.74, 6) is 0. The maximum absolute atomic E-state index is 8.03. The SMILES string of the molecule is CCO[Si](C)(O[Si](C)(C)C)[Zr]([Cl])([Cl])([NH]C(C)(C)C)[CH]1c2ccccc2-c2ccccc21. The fourth-order valence-corrected chi connectivity index (χ4v) is 55.5. The summed E-state index contributed by atoms with van der Waals surface area (Å²) in [5, 5.41) is 0. The molecule has 0 heterocycles. The van der Waals surface area contributed by atoms with Gasteiger partial charge in [0, 0.05) is 0 Å². The Morgan fingerprint density at radius 3 is 1.74 bits per heavy atom. The summed E-state index contributed by atoms with van der Waals surface area (Å²) in [7, 11) is 14.0. The van der Waals surface area contributed by atoms with E-state index < -0.39 is 29.9 Å². The van der Waals surface area contributed by atoms with Gasteiger partial charge in [-0.2, -0.15) is 0 Å². The normalized spacial score (nSPS) is 18.1. The Hall–Kier alpha value is 0.217. The summed E-state index contributed by atoms with van der Waals surface area (Å²) in [6, 6.07) is 17.0. The van der Waals surface area contributed by atoms with E-state index in [2.05, 4.69) is 98.8 Å². The molecule has 0 radical (unpaired) electrons. The summed E-state index contributed by atoms with van der Waals surface area (Å²) in [5.41, 5.74) is 1.42. The molecule has 3 rings (SSSR count). The summed E-state index contributed by atoms with van der Waals surface area (Å²) in [4.78, 5) is 0. The molecule has 171 valence electrons. The molecule has 2 aromatic carbocycles. The zero-order chi connectivity index (χ0) is 23.3. The third kappa shape index (κ3) is 4.74. The maximum atomic E-state index is 8.03. The molecule has 0 bridgehead atoms. The molecular weight excluding hydrogens is 541 g/mol.